The lowest BCUT2D eigenvalue weighted by atomic mass is 10.0. The van der Waals surface area contributed by atoms with Gasteiger partial charge in [-0.05, 0) is 25.7 Å². The van der Waals surface area contributed by atoms with E-state index < -0.39 is 0 Å². The predicted molar refractivity (Wildman–Crippen MR) is 48.8 cm³/mol. The highest BCUT2D eigenvalue weighted by Gasteiger charge is 2.46. The lowest BCUT2D eigenvalue weighted by Crippen LogP contribution is -2.04. The van der Waals surface area contributed by atoms with Crippen molar-refractivity contribution in [2.24, 2.45) is 0 Å². The third-order valence-electron chi connectivity index (χ3n) is 2.85. The number of hydrogen-bond acceptors (Lipinski definition) is 2. The standard InChI is InChI=1S/C8H12S2/c1-2-6-8(10-6)4-3-7-5(1)9-7/h5-8H,1-4H2. The fourth-order valence-corrected chi connectivity index (χ4v) is 4.38. The van der Waals surface area contributed by atoms with Crippen LogP contribution in [0.25, 0.3) is 0 Å². The minimum atomic E-state index is 1.10. The Morgan fingerprint density at radius 2 is 0.900 bits per heavy atom. The minimum absolute atomic E-state index is 1.10. The smallest absolute Gasteiger partial charge is 0.0170 e. The molecule has 4 atom stereocenters. The van der Waals surface area contributed by atoms with E-state index in [1.165, 1.54) is 25.7 Å². The normalized spacial score (nSPS) is 57.6. The first-order valence-corrected chi connectivity index (χ1v) is 6.13. The van der Waals surface area contributed by atoms with E-state index in [9.17, 15) is 0 Å². The number of fused-ring (bicyclic) bond motifs is 2. The van der Waals surface area contributed by atoms with Gasteiger partial charge in [-0.2, -0.15) is 23.5 Å². The highest BCUT2D eigenvalue weighted by atomic mass is 32.2. The molecule has 56 valence electrons. The molecule has 0 radical (unpaired) electrons. The lowest BCUT2D eigenvalue weighted by molar-refractivity contribution is 0.612. The van der Waals surface area contributed by atoms with Crippen LogP contribution in [0, 0.1) is 0 Å². The molecule has 0 aromatic carbocycles. The van der Waals surface area contributed by atoms with Gasteiger partial charge in [0.05, 0.1) is 0 Å². The fourth-order valence-electron chi connectivity index (χ4n) is 2.03. The second-order valence-electron chi connectivity index (χ2n) is 3.58. The zero-order valence-electron chi connectivity index (χ0n) is 5.95. The number of rotatable bonds is 0. The molecule has 1 aliphatic carbocycles. The van der Waals surface area contributed by atoms with Crippen LogP contribution in [0.2, 0.25) is 0 Å². The first-order valence-electron chi connectivity index (χ1n) is 4.24. The van der Waals surface area contributed by atoms with Crippen molar-refractivity contribution >= 4 is 23.5 Å². The van der Waals surface area contributed by atoms with Crippen LogP contribution in [0.15, 0.2) is 0 Å². The van der Waals surface area contributed by atoms with Gasteiger partial charge in [-0.25, -0.2) is 0 Å². The van der Waals surface area contributed by atoms with E-state index in [2.05, 4.69) is 23.5 Å². The first-order chi connectivity index (χ1) is 4.93. The second kappa shape index (κ2) is 2.10. The molecule has 1 saturated carbocycles. The molecular formula is C8H12S2. The first kappa shape index (κ1) is 6.24. The van der Waals surface area contributed by atoms with Gasteiger partial charge < -0.3 is 0 Å². The van der Waals surface area contributed by atoms with Gasteiger partial charge in [0.1, 0.15) is 0 Å². The molecule has 0 N–H and O–H groups in total. The minimum Gasteiger partial charge on any atom is -0.153 e. The van der Waals surface area contributed by atoms with E-state index in [-0.39, 0.29) is 0 Å². The zero-order chi connectivity index (χ0) is 6.55. The lowest BCUT2D eigenvalue weighted by Gasteiger charge is -2.01. The predicted octanol–water partition coefficient (Wildman–Crippen LogP) is 2.53. The Kier molecular flexibility index (Phi) is 1.31. The monoisotopic (exact) mass is 172 g/mol. The summed E-state index contributed by atoms with van der Waals surface area (Å²) >= 11 is 4.48. The van der Waals surface area contributed by atoms with Crippen LogP contribution in [-0.4, -0.2) is 21.0 Å². The van der Waals surface area contributed by atoms with Gasteiger partial charge in [0.15, 0.2) is 0 Å². The molecular weight excluding hydrogens is 160 g/mol. The summed E-state index contributed by atoms with van der Waals surface area (Å²) in [4.78, 5) is 0. The van der Waals surface area contributed by atoms with Crippen LogP contribution in [0.4, 0.5) is 0 Å². The molecule has 2 aliphatic heterocycles. The topological polar surface area (TPSA) is 0 Å². The Bertz CT molecular complexity index is 123. The summed E-state index contributed by atoms with van der Waals surface area (Å²) in [7, 11) is 0. The van der Waals surface area contributed by atoms with Crippen LogP contribution in [0.3, 0.4) is 0 Å². The zero-order valence-corrected chi connectivity index (χ0v) is 7.59. The Balaban J connectivity index is 1.67. The van der Waals surface area contributed by atoms with Crippen molar-refractivity contribution in [3.63, 3.8) is 0 Å². The highest BCUT2D eigenvalue weighted by Crippen LogP contribution is 2.56. The van der Waals surface area contributed by atoms with Crippen molar-refractivity contribution in [1.29, 1.82) is 0 Å². The van der Waals surface area contributed by atoms with Crippen LogP contribution in [0.1, 0.15) is 25.7 Å². The summed E-state index contributed by atoms with van der Waals surface area (Å²) < 4.78 is 0. The van der Waals surface area contributed by atoms with Crippen molar-refractivity contribution in [2.75, 3.05) is 0 Å². The van der Waals surface area contributed by atoms with Crippen molar-refractivity contribution in [1.82, 2.24) is 0 Å². The quantitative estimate of drug-likeness (QED) is 0.515. The van der Waals surface area contributed by atoms with Gasteiger partial charge in [0.25, 0.3) is 0 Å². The largest absolute Gasteiger partial charge is 0.153 e. The summed E-state index contributed by atoms with van der Waals surface area (Å²) in [6.07, 6.45) is 6.12. The molecule has 3 rings (SSSR count). The fraction of sp³-hybridized carbons (Fsp3) is 1.00. The number of thioether (sulfide) groups is 2. The third kappa shape index (κ3) is 1.00. The Labute approximate surface area is 70.5 Å². The molecule has 10 heavy (non-hydrogen) atoms. The van der Waals surface area contributed by atoms with E-state index in [0.717, 1.165) is 21.0 Å². The van der Waals surface area contributed by atoms with Crippen LogP contribution in [-0.2, 0) is 0 Å². The van der Waals surface area contributed by atoms with E-state index in [1.54, 1.807) is 0 Å². The molecule has 2 heteroatoms. The van der Waals surface area contributed by atoms with E-state index in [4.69, 9.17) is 0 Å². The molecule has 3 fully saturated rings. The Hall–Kier alpha value is 0.700. The maximum atomic E-state index is 2.24. The van der Waals surface area contributed by atoms with Crippen molar-refractivity contribution in [3.8, 4) is 0 Å². The Morgan fingerprint density at radius 3 is 1.20 bits per heavy atom. The van der Waals surface area contributed by atoms with E-state index in [0.29, 0.717) is 0 Å². The third-order valence-corrected chi connectivity index (χ3v) is 5.87. The van der Waals surface area contributed by atoms with Crippen LogP contribution in [0.5, 0.6) is 0 Å². The summed E-state index contributed by atoms with van der Waals surface area (Å²) in [5, 5.41) is 4.40. The Morgan fingerprint density at radius 1 is 0.600 bits per heavy atom. The van der Waals surface area contributed by atoms with Crippen LogP contribution >= 0.6 is 23.5 Å². The van der Waals surface area contributed by atoms with E-state index >= 15 is 0 Å². The van der Waals surface area contributed by atoms with Gasteiger partial charge in [-0.1, -0.05) is 0 Å². The molecule has 0 bridgehead atoms. The summed E-state index contributed by atoms with van der Waals surface area (Å²) in [6, 6.07) is 0. The average Bonchev–Trinajstić information content (AvgIpc) is 2.70. The van der Waals surface area contributed by atoms with Crippen LogP contribution < -0.4 is 0 Å². The van der Waals surface area contributed by atoms with E-state index in [1.807, 2.05) is 0 Å². The maximum Gasteiger partial charge on any atom is 0.0170 e. The molecule has 0 nitrogen and oxygen atoms in total. The molecule has 0 aromatic heterocycles. The SMILES string of the molecule is C1CC2SC2CCC2SC12. The van der Waals surface area contributed by atoms with Crippen molar-refractivity contribution in [3.05, 3.63) is 0 Å². The van der Waals surface area contributed by atoms with Gasteiger partial charge in [0, 0.05) is 21.0 Å². The van der Waals surface area contributed by atoms with Gasteiger partial charge in [-0.3, -0.25) is 0 Å². The molecule has 0 amide bonds. The van der Waals surface area contributed by atoms with Gasteiger partial charge in [0.2, 0.25) is 0 Å². The second-order valence-corrected chi connectivity index (χ2v) is 6.55. The molecule has 2 saturated heterocycles. The molecule has 2 heterocycles. The number of hydrogen-bond donors (Lipinski definition) is 0. The van der Waals surface area contributed by atoms with Gasteiger partial charge >= 0.3 is 0 Å². The van der Waals surface area contributed by atoms with Gasteiger partial charge in [-0.15, -0.1) is 0 Å². The summed E-state index contributed by atoms with van der Waals surface area (Å²) in [5.74, 6) is 0. The van der Waals surface area contributed by atoms with Crippen molar-refractivity contribution < 1.29 is 0 Å². The van der Waals surface area contributed by atoms with Crippen molar-refractivity contribution in [2.45, 2.75) is 46.7 Å². The average molecular weight is 172 g/mol. The summed E-state index contributed by atoms with van der Waals surface area (Å²) in [5.41, 5.74) is 0. The molecule has 4 unspecified atom stereocenters. The molecule has 0 aromatic rings. The summed E-state index contributed by atoms with van der Waals surface area (Å²) in [6.45, 7) is 0. The highest BCUT2D eigenvalue weighted by molar-refractivity contribution is 8.08. The molecule has 3 aliphatic rings. The maximum absolute atomic E-state index is 2.24. The molecule has 0 spiro atoms.